The van der Waals surface area contributed by atoms with Crippen LogP contribution < -0.4 is 5.11 Å². The zero-order valence-electron chi connectivity index (χ0n) is 10.8. The van der Waals surface area contributed by atoms with E-state index in [0.29, 0.717) is 0 Å². The van der Waals surface area contributed by atoms with Crippen molar-refractivity contribution < 1.29 is 19.5 Å². The van der Waals surface area contributed by atoms with E-state index in [1.165, 1.54) is 18.2 Å². The minimum atomic E-state index is -1.38. The Hall–Kier alpha value is -3.02. The summed E-state index contributed by atoms with van der Waals surface area (Å²) in [4.78, 5) is 40.3. The Morgan fingerprint density at radius 2 is 1.71 bits per heavy atom. The molecule has 6 heteroatoms. The van der Waals surface area contributed by atoms with E-state index in [2.05, 4.69) is 4.98 Å². The van der Waals surface area contributed by atoms with Crippen LogP contribution in [0.1, 0.15) is 36.6 Å². The van der Waals surface area contributed by atoms with Crippen LogP contribution in [0.4, 0.5) is 0 Å². The van der Waals surface area contributed by atoms with Gasteiger partial charge in [-0.2, -0.15) is 0 Å². The third-order valence-corrected chi connectivity index (χ3v) is 3.30. The fourth-order valence-electron chi connectivity index (χ4n) is 2.23. The van der Waals surface area contributed by atoms with Crippen LogP contribution in [-0.4, -0.2) is 27.7 Å². The van der Waals surface area contributed by atoms with Crippen LogP contribution in [0.15, 0.2) is 42.7 Å². The van der Waals surface area contributed by atoms with Crippen molar-refractivity contribution in [3.63, 3.8) is 0 Å². The quantitative estimate of drug-likeness (QED) is 0.752. The first kappa shape index (κ1) is 13.0. The molecular weight excluding hydrogens is 272 g/mol. The van der Waals surface area contributed by atoms with Gasteiger partial charge in [-0.05, 0) is 35.4 Å². The monoisotopic (exact) mass is 281 g/mol. The van der Waals surface area contributed by atoms with E-state index in [-0.39, 0.29) is 23.2 Å². The summed E-state index contributed by atoms with van der Waals surface area (Å²) in [6.45, 7) is 0.121. The van der Waals surface area contributed by atoms with Gasteiger partial charge in [0.2, 0.25) is 0 Å². The third kappa shape index (κ3) is 2.16. The van der Waals surface area contributed by atoms with Gasteiger partial charge in [0.25, 0.3) is 11.8 Å². The predicted molar refractivity (Wildman–Crippen MR) is 69.2 cm³/mol. The standard InChI is InChI=1S/C15H10N2O4/c18-13-11-2-1-10(15(20)21)7-12(11)14(19)17(13)8-9-3-5-16-6-4-9/h1-7H,8H2,(H,20,21)/p-1. The summed E-state index contributed by atoms with van der Waals surface area (Å²) in [5.74, 6) is -2.32. The lowest BCUT2D eigenvalue weighted by molar-refractivity contribution is -0.255. The summed E-state index contributed by atoms with van der Waals surface area (Å²) >= 11 is 0. The molecule has 3 rings (SSSR count). The van der Waals surface area contributed by atoms with Crippen molar-refractivity contribution in [1.82, 2.24) is 9.88 Å². The van der Waals surface area contributed by atoms with Crippen molar-refractivity contribution in [3.8, 4) is 0 Å². The smallest absolute Gasteiger partial charge is 0.261 e. The van der Waals surface area contributed by atoms with Crippen LogP contribution in [0.5, 0.6) is 0 Å². The number of imide groups is 1. The number of carbonyl (C=O) groups excluding carboxylic acids is 3. The SMILES string of the molecule is O=C([O-])c1ccc2c(c1)C(=O)N(Cc1ccncc1)C2=O. The molecule has 104 valence electrons. The molecule has 0 spiro atoms. The second-order valence-electron chi connectivity index (χ2n) is 4.60. The lowest BCUT2D eigenvalue weighted by Gasteiger charge is -2.13. The normalized spacial score (nSPS) is 13.4. The van der Waals surface area contributed by atoms with Crippen LogP contribution in [0.25, 0.3) is 0 Å². The summed E-state index contributed by atoms with van der Waals surface area (Å²) in [7, 11) is 0. The number of carbonyl (C=O) groups is 3. The molecule has 2 amide bonds. The van der Waals surface area contributed by atoms with Gasteiger partial charge in [0.05, 0.1) is 23.6 Å². The number of benzene rings is 1. The van der Waals surface area contributed by atoms with Crippen molar-refractivity contribution in [2.75, 3.05) is 0 Å². The fraction of sp³-hybridized carbons (Fsp3) is 0.0667. The molecule has 0 saturated heterocycles. The van der Waals surface area contributed by atoms with Crippen LogP contribution in [-0.2, 0) is 6.54 Å². The summed E-state index contributed by atoms with van der Waals surface area (Å²) in [5, 5.41) is 10.8. The molecule has 1 aliphatic heterocycles. The molecule has 21 heavy (non-hydrogen) atoms. The molecule has 0 N–H and O–H groups in total. The molecule has 0 bridgehead atoms. The minimum absolute atomic E-state index is 0.0933. The number of rotatable bonds is 3. The molecule has 2 heterocycles. The van der Waals surface area contributed by atoms with Gasteiger partial charge in [-0.3, -0.25) is 19.5 Å². The molecule has 1 aliphatic rings. The van der Waals surface area contributed by atoms with E-state index < -0.39 is 17.8 Å². The van der Waals surface area contributed by atoms with Crippen LogP contribution in [0.2, 0.25) is 0 Å². The van der Waals surface area contributed by atoms with Crippen LogP contribution >= 0.6 is 0 Å². The average molecular weight is 281 g/mol. The minimum Gasteiger partial charge on any atom is -0.545 e. The van der Waals surface area contributed by atoms with Crippen molar-refractivity contribution in [2.45, 2.75) is 6.54 Å². The van der Waals surface area contributed by atoms with Gasteiger partial charge >= 0.3 is 0 Å². The summed E-state index contributed by atoms with van der Waals surface area (Å²) in [6.07, 6.45) is 3.14. The topological polar surface area (TPSA) is 90.4 Å². The number of aromatic nitrogens is 1. The Kier molecular flexibility index (Phi) is 2.98. The summed E-state index contributed by atoms with van der Waals surface area (Å²) in [5.41, 5.74) is 0.940. The number of fused-ring (bicyclic) bond motifs is 1. The summed E-state index contributed by atoms with van der Waals surface area (Å²) < 4.78 is 0. The highest BCUT2D eigenvalue weighted by Crippen LogP contribution is 2.25. The van der Waals surface area contributed by atoms with E-state index in [1.54, 1.807) is 24.5 Å². The first-order valence-corrected chi connectivity index (χ1v) is 6.18. The third-order valence-electron chi connectivity index (χ3n) is 3.30. The number of aromatic carboxylic acids is 1. The van der Waals surface area contributed by atoms with Crippen molar-refractivity contribution in [2.24, 2.45) is 0 Å². The first-order valence-electron chi connectivity index (χ1n) is 6.18. The maximum absolute atomic E-state index is 12.3. The molecule has 0 saturated carbocycles. The van der Waals surface area contributed by atoms with E-state index >= 15 is 0 Å². The molecular formula is C15H9N2O4-. The number of carboxylic acids is 1. The number of hydrogen-bond donors (Lipinski definition) is 0. The largest absolute Gasteiger partial charge is 0.545 e. The van der Waals surface area contributed by atoms with Gasteiger partial charge in [-0.15, -0.1) is 0 Å². The van der Waals surface area contributed by atoms with E-state index in [0.717, 1.165) is 10.5 Å². The van der Waals surface area contributed by atoms with E-state index in [1.807, 2.05) is 0 Å². The molecule has 2 aromatic rings. The Balaban J connectivity index is 1.95. The Morgan fingerprint density at radius 1 is 1.05 bits per heavy atom. The number of nitrogens with zero attached hydrogens (tertiary/aromatic N) is 2. The van der Waals surface area contributed by atoms with Gasteiger partial charge < -0.3 is 9.90 Å². The molecule has 0 atom stereocenters. The zero-order chi connectivity index (χ0) is 15.0. The highest BCUT2D eigenvalue weighted by molar-refractivity contribution is 6.21. The van der Waals surface area contributed by atoms with Gasteiger partial charge in [0.15, 0.2) is 0 Å². The van der Waals surface area contributed by atoms with Gasteiger partial charge in [-0.1, -0.05) is 6.07 Å². The van der Waals surface area contributed by atoms with Crippen molar-refractivity contribution in [1.29, 1.82) is 0 Å². The lowest BCUT2D eigenvalue weighted by atomic mass is 10.1. The van der Waals surface area contributed by atoms with Gasteiger partial charge in [0, 0.05) is 12.4 Å². The first-order chi connectivity index (χ1) is 10.1. The molecule has 0 aliphatic carbocycles. The van der Waals surface area contributed by atoms with Crippen LogP contribution in [0.3, 0.4) is 0 Å². The van der Waals surface area contributed by atoms with Crippen LogP contribution in [0, 0.1) is 0 Å². The zero-order valence-corrected chi connectivity index (χ0v) is 10.8. The van der Waals surface area contributed by atoms with Gasteiger partial charge in [0.1, 0.15) is 0 Å². The Labute approximate surface area is 119 Å². The average Bonchev–Trinajstić information content (AvgIpc) is 2.73. The Bertz CT molecular complexity index is 756. The maximum atomic E-state index is 12.3. The van der Waals surface area contributed by atoms with E-state index in [4.69, 9.17) is 0 Å². The highest BCUT2D eigenvalue weighted by atomic mass is 16.4. The van der Waals surface area contributed by atoms with E-state index in [9.17, 15) is 19.5 Å². The number of pyridine rings is 1. The molecule has 0 radical (unpaired) electrons. The summed E-state index contributed by atoms with van der Waals surface area (Å²) in [6, 6.07) is 7.19. The number of hydrogen-bond acceptors (Lipinski definition) is 5. The highest BCUT2D eigenvalue weighted by Gasteiger charge is 2.35. The maximum Gasteiger partial charge on any atom is 0.261 e. The Morgan fingerprint density at radius 3 is 2.38 bits per heavy atom. The lowest BCUT2D eigenvalue weighted by Crippen LogP contribution is -2.29. The number of amides is 2. The van der Waals surface area contributed by atoms with Crippen molar-refractivity contribution in [3.05, 3.63) is 65.0 Å². The van der Waals surface area contributed by atoms with Gasteiger partial charge in [-0.25, -0.2) is 0 Å². The van der Waals surface area contributed by atoms with Crippen molar-refractivity contribution >= 4 is 17.8 Å². The molecule has 0 unspecified atom stereocenters. The molecule has 0 fully saturated rings. The second kappa shape index (κ2) is 4.82. The fourth-order valence-corrected chi connectivity index (χ4v) is 2.23. The number of carboxylic acid groups (broad SMARTS) is 1. The molecule has 1 aromatic carbocycles. The molecule has 6 nitrogen and oxygen atoms in total. The second-order valence-corrected chi connectivity index (χ2v) is 4.60. The molecule has 1 aromatic heterocycles. The predicted octanol–water partition coefficient (Wildman–Crippen LogP) is 0.241.